The molecule has 0 saturated carbocycles. The third-order valence-electron chi connectivity index (χ3n) is 2.90. The molecule has 0 aromatic heterocycles. The molecule has 1 fully saturated rings. The maximum atomic E-state index is 5.99. The van der Waals surface area contributed by atoms with Crippen molar-refractivity contribution in [1.29, 1.82) is 0 Å². The lowest BCUT2D eigenvalue weighted by Crippen LogP contribution is -2.47. The zero-order valence-electron chi connectivity index (χ0n) is 8.50. The lowest BCUT2D eigenvalue weighted by atomic mass is 9.94. The van der Waals surface area contributed by atoms with E-state index in [2.05, 4.69) is 17.7 Å². The van der Waals surface area contributed by atoms with Crippen LogP contribution in [0, 0.1) is 18.3 Å². The van der Waals surface area contributed by atoms with Gasteiger partial charge < -0.3 is 10.6 Å². The molecule has 2 unspecified atom stereocenters. The highest BCUT2D eigenvalue weighted by Crippen LogP contribution is 2.15. The molecule has 0 amide bonds. The number of nitrogens with zero attached hydrogens (tertiary/aromatic N) is 1. The molecule has 0 aliphatic carbocycles. The molecular weight excluding hydrogens is 160 g/mol. The van der Waals surface area contributed by atoms with Crippen LogP contribution in [0.5, 0.6) is 0 Å². The number of terminal acetylenes is 1. The summed E-state index contributed by atoms with van der Waals surface area (Å²) in [5, 5.41) is 0. The number of hydrogen-bond donors (Lipinski definition) is 1. The normalized spacial score (nSPS) is 29.9. The fourth-order valence-electron chi connectivity index (χ4n) is 1.78. The van der Waals surface area contributed by atoms with Crippen LogP contribution in [0.2, 0.25) is 0 Å². The topological polar surface area (TPSA) is 29.3 Å². The van der Waals surface area contributed by atoms with Crippen molar-refractivity contribution in [3.05, 3.63) is 0 Å². The van der Waals surface area contributed by atoms with Crippen LogP contribution in [0.4, 0.5) is 0 Å². The highest BCUT2D eigenvalue weighted by molar-refractivity contribution is 4.85. The first-order chi connectivity index (χ1) is 6.24. The van der Waals surface area contributed by atoms with Gasteiger partial charge in [0.1, 0.15) is 0 Å². The van der Waals surface area contributed by atoms with E-state index in [0.29, 0.717) is 12.0 Å². The van der Waals surface area contributed by atoms with Crippen molar-refractivity contribution in [1.82, 2.24) is 4.90 Å². The van der Waals surface area contributed by atoms with E-state index in [9.17, 15) is 0 Å². The van der Waals surface area contributed by atoms with Crippen molar-refractivity contribution in [2.75, 3.05) is 19.6 Å². The van der Waals surface area contributed by atoms with Gasteiger partial charge >= 0.3 is 0 Å². The number of piperidine rings is 1. The Morgan fingerprint density at radius 2 is 2.38 bits per heavy atom. The van der Waals surface area contributed by atoms with Crippen LogP contribution in [-0.2, 0) is 0 Å². The van der Waals surface area contributed by atoms with Crippen molar-refractivity contribution in [3.63, 3.8) is 0 Å². The summed E-state index contributed by atoms with van der Waals surface area (Å²) in [4.78, 5) is 2.43. The van der Waals surface area contributed by atoms with E-state index in [1.165, 1.54) is 13.0 Å². The molecule has 1 saturated heterocycles. The fraction of sp³-hybridized carbons (Fsp3) is 0.818. The molecule has 13 heavy (non-hydrogen) atoms. The number of hydrogen-bond acceptors (Lipinski definition) is 2. The molecule has 2 N–H and O–H groups in total. The van der Waals surface area contributed by atoms with Crippen molar-refractivity contribution in [3.8, 4) is 12.3 Å². The molecule has 1 aliphatic heterocycles. The monoisotopic (exact) mass is 180 g/mol. The van der Waals surface area contributed by atoms with Crippen LogP contribution in [0.3, 0.4) is 0 Å². The molecule has 0 aromatic carbocycles. The molecule has 0 spiro atoms. The first-order valence-corrected chi connectivity index (χ1v) is 5.15. The molecule has 1 rings (SSSR count). The zero-order chi connectivity index (χ0) is 9.68. The summed E-state index contributed by atoms with van der Waals surface area (Å²) in [7, 11) is 0. The maximum Gasteiger partial charge on any atom is 0.0194 e. The molecular formula is C11H20N2. The molecule has 1 aliphatic rings. The number of rotatable bonds is 3. The average molecular weight is 180 g/mol. The van der Waals surface area contributed by atoms with E-state index in [4.69, 9.17) is 12.2 Å². The Bertz CT molecular complexity index is 183. The number of nitrogens with two attached hydrogens (primary N) is 1. The van der Waals surface area contributed by atoms with Crippen molar-refractivity contribution >= 4 is 0 Å². The van der Waals surface area contributed by atoms with Crippen LogP contribution < -0.4 is 5.73 Å². The van der Waals surface area contributed by atoms with Gasteiger partial charge in [0.2, 0.25) is 0 Å². The first kappa shape index (κ1) is 10.6. The van der Waals surface area contributed by atoms with Gasteiger partial charge in [-0.3, -0.25) is 0 Å². The second-order valence-electron chi connectivity index (χ2n) is 4.04. The fourth-order valence-corrected chi connectivity index (χ4v) is 1.78. The Balaban J connectivity index is 2.18. The minimum atomic E-state index is 0.361. The summed E-state index contributed by atoms with van der Waals surface area (Å²) in [5.74, 6) is 3.35. The van der Waals surface area contributed by atoms with Crippen molar-refractivity contribution in [2.45, 2.75) is 32.2 Å². The molecule has 2 heteroatoms. The van der Waals surface area contributed by atoms with Gasteiger partial charge in [0.15, 0.2) is 0 Å². The molecule has 1 heterocycles. The van der Waals surface area contributed by atoms with E-state index in [0.717, 1.165) is 25.9 Å². The Labute approximate surface area is 81.5 Å². The zero-order valence-corrected chi connectivity index (χ0v) is 8.50. The Morgan fingerprint density at radius 3 is 3.00 bits per heavy atom. The summed E-state index contributed by atoms with van der Waals surface area (Å²) >= 11 is 0. The molecule has 2 atom stereocenters. The second-order valence-corrected chi connectivity index (χ2v) is 4.04. The van der Waals surface area contributed by atoms with Gasteiger partial charge in [-0.1, -0.05) is 6.92 Å². The highest BCUT2D eigenvalue weighted by atomic mass is 15.1. The first-order valence-electron chi connectivity index (χ1n) is 5.15. The van der Waals surface area contributed by atoms with Crippen LogP contribution >= 0.6 is 0 Å². The third kappa shape index (κ3) is 3.38. The van der Waals surface area contributed by atoms with Gasteiger partial charge in [-0.15, -0.1) is 12.3 Å². The summed E-state index contributed by atoms with van der Waals surface area (Å²) < 4.78 is 0. The quantitative estimate of drug-likeness (QED) is 0.520. The molecule has 2 nitrogen and oxygen atoms in total. The van der Waals surface area contributed by atoms with Gasteiger partial charge in [0, 0.05) is 19.0 Å². The Kier molecular flexibility index (Phi) is 4.27. The minimum absolute atomic E-state index is 0.361. The Morgan fingerprint density at radius 1 is 1.62 bits per heavy atom. The van der Waals surface area contributed by atoms with Crippen LogP contribution in [-0.4, -0.2) is 30.6 Å². The number of unbranched alkanes of at least 4 members (excludes halogenated alkanes) is 1. The van der Waals surface area contributed by atoms with E-state index in [1.807, 2.05) is 0 Å². The summed E-state index contributed by atoms with van der Waals surface area (Å²) in [6.45, 7) is 5.60. The minimum Gasteiger partial charge on any atom is -0.326 e. The average Bonchev–Trinajstić information content (AvgIpc) is 2.12. The van der Waals surface area contributed by atoms with E-state index in [1.54, 1.807) is 0 Å². The van der Waals surface area contributed by atoms with Gasteiger partial charge in [-0.25, -0.2) is 0 Å². The lowest BCUT2D eigenvalue weighted by molar-refractivity contribution is 0.168. The van der Waals surface area contributed by atoms with Gasteiger partial charge in [-0.05, 0) is 31.8 Å². The summed E-state index contributed by atoms with van der Waals surface area (Å²) in [5.41, 5.74) is 5.99. The van der Waals surface area contributed by atoms with Crippen LogP contribution in [0.25, 0.3) is 0 Å². The van der Waals surface area contributed by atoms with Gasteiger partial charge in [0.25, 0.3) is 0 Å². The predicted octanol–water partition coefficient (Wildman–Crippen LogP) is 1.07. The maximum absolute atomic E-state index is 5.99. The van der Waals surface area contributed by atoms with E-state index < -0.39 is 0 Å². The standard InChI is InChI=1S/C11H20N2/c1-3-4-5-7-13-8-6-10(2)11(12)9-13/h1,10-11H,4-9,12H2,2H3. The van der Waals surface area contributed by atoms with Crippen LogP contribution in [0.15, 0.2) is 0 Å². The molecule has 0 bridgehead atoms. The molecule has 74 valence electrons. The van der Waals surface area contributed by atoms with E-state index >= 15 is 0 Å². The smallest absolute Gasteiger partial charge is 0.0194 e. The van der Waals surface area contributed by atoms with Crippen LogP contribution in [0.1, 0.15) is 26.2 Å². The van der Waals surface area contributed by atoms with E-state index in [-0.39, 0.29) is 0 Å². The Hall–Kier alpha value is -0.520. The summed E-state index contributed by atoms with van der Waals surface area (Å²) in [6.07, 6.45) is 8.43. The third-order valence-corrected chi connectivity index (χ3v) is 2.90. The highest BCUT2D eigenvalue weighted by Gasteiger charge is 2.22. The lowest BCUT2D eigenvalue weighted by Gasteiger charge is -2.34. The second kappa shape index (κ2) is 5.26. The largest absolute Gasteiger partial charge is 0.326 e. The number of likely N-dealkylation sites (tertiary alicyclic amines) is 1. The van der Waals surface area contributed by atoms with Gasteiger partial charge in [-0.2, -0.15) is 0 Å². The summed E-state index contributed by atoms with van der Waals surface area (Å²) in [6, 6.07) is 0.361. The SMILES string of the molecule is C#CCCCN1CCC(C)C(N)C1. The molecule has 0 radical (unpaired) electrons. The van der Waals surface area contributed by atoms with Crippen molar-refractivity contribution < 1.29 is 0 Å². The predicted molar refractivity (Wildman–Crippen MR) is 56.3 cm³/mol. The van der Waals surface area contributed by atoms with Crippen molar-refractivity contribution in [2.24, 2.45) is 11.7 Å². The molecule has 0 aromatic rings. The van der Waals surface area contributed by atoms with Gasteiger partial charge in [0.05, 0.1) is 0 Å².